The lowest BCUT2D eigenvalue weighted by molar-refractivity contribution is -0.139. The summed E-state index contributed by atoms with van der Waals surface area (Å²) in [5.41, 5.74) is 4.29. The smallest absolute Gasteiger partial charge is 0.243 e. The first-order chi connectivity index (χ1) is 17.4. The first kappa shape index (κ1) is 27.8. The average Bonchev–Trinajstić information content (AvgIpc) is 2.86. The number of rotatable bonds is 12. The molecule has 0 aliphatic heterocycles. The van der Waals surface area contributed by atoms with Gasteiger partial charge in [-0.05, 0) is 49.1 Å². The molecular weight excluding hydrogens is 488 g/mol. The fourth-order valence-corrected chi connectivity index (χ4v) is 5.04. The Morgan fingerprint density at radius 2 is 1.64 bits per heavy atom. The Morgan fingerprint density at radius 3 is 2.33 bits per heavy atom. The molecule has 0 unspecified atom stereocenters. The minimum absolute atomic E-state index is 0.0228. The molecule has 3 aromatic carbocycles. The van der Waals surface area contributed by atoms with Gasteiger partial charge < -0.3 is 10.2 Å². The van der Waals surface area contributed by atoms with E-state index in [9.17, 15) is 9.59 Å². The molecule has 6 heteroatoms. The topological polar surface area (TPSA) is 49.4 Å². The molecule has 0 radical (unpaired) electrons. The Balaban J connectivity index is 1.85. The molecular formula is C30H35ClN2O2S. The molecule has 190 valence electrons. The van der Waals surface area contributed by atoms with Gasteiger partial charge in [0.15, 0.2) is 0 Å². The van der Waals surface area contributed by atoms with Crippen molar-refractivity contribution in [2.24, 2.45) is 0 Å². The predicted molar refractivity (Wildman–Crippen MR) is 151 cm³/mol. The van der Waals surface area contributed by atoms with E-state index in [1.165, 1.54) is 11.1 Å². The number of nitrogens with zero attached hydrogens (tertiary/aromatic N) is 1. The summed E-state index contributed by atoms with van der Waals surface area (Å²) in [6.45, 7) is 6.40. The first-order valence-corrected chi connectivity index (χ1v) is 13.9. The van der Waals surface area contributed by atoms with Gasteiger partial charge in [0.25, 0.3) is 0 Å². The van der Waals surface area contributed by atoms with E-state index in [1.807, 2.05) is 74.5 Å². The zero-order valence-corrected chi connectivity index (χ0v) is 22.8. The molecule has 1 N–H and O–H groups in total. The van der Waals surface area contributed by atoms with Crippen LogP contribution in [-0.2, 0) is 28.3 Å². The maximum atomic E-state index is 13.7. The lowest BCUT2D eigenvalue weighted by atomic mass is 10.0. The molecule has 3 aromatic rings. The molecule has 0 heterocycles. The molecule has 4 nitrogen and oxygen atoms in total. The first-order valence-electron chi connectivity index (χ1n) is 12.4. The fraction of sp³-hybridized carbons (Fsp3) is 0.333. The Labute approximate surface area is 224 Å². The number of carbonyl (C=O) groups is 2. The van der Waals surface area contributed by atoms with E-state index in [-0.39, 0.29) is 23.6 Å². The lowest BCUT2D eigenvalue weighted by Crippen LogP contribution is -2.52. The van der Waals surface area contributed by atoms with E-state index in [0.29, 0.717) is 18.0 Å². The molecule has 0 bridgehead atoms. The Hall–Kier alpha value is -2.76. The molecule has 3 rings (SSSR count). The highest BCUT2D eigenvalue weighted by Crippen LogP contribution is 2.20. The van der Waals surface area contributed by atoms with Crippen molar-refractivity contribution in [3.05, 3.63) is 106 Å². The van der Waals surface area contributed by atoms with Crippen LogP contribution in [0.3, 0.4) is 0 Å². The monoisotopic (exact) mass is 522 g/mol. The van der Waals surface area contributed by atoms with Crippen LogP contribution in [0.15, 0.2) is 78.9 Å². The zero-order valence-electron chi connectivity index (χ0n) is 21.2. The van der Waals surface area contributed by atoms with Gasteiger partial charge in [-0.2, -0.15) is 0 Å². The van der Waals surface area contributed by atoms with Crippen LogP contribution in [0.1, 0.15) is 42.5 Å². The van der Waals surface area contributed by atoms with Crippen molar-refractivity contribution in [3.8, 4) is 0 Å². The minimum Gasteiger partial charge on any atom is -0.352 e. The Morgan fingerprint density at radius 1 is 0.944 bits per heavy atom. The third kappa shape index (κ3) is 8.72. The summed E-state index contributed by atoms with van der Waals surface area (Å²) < 4.78 is 0. The van der Waals surface area contributed by atoms with Gasteiger partial charge in [0, 0.05) is 29.8 Å². The summed E-state index contributed by atoms with van der Waals surface area (Å²) in [5, 5.41) is 3.71. The summed E-state index contributed by atoms with van der Waals surface area (Å²) in [6, 6.07) is 25.1. The van der Waals surface area contributed by atoms with Gasteiger partial charge in [-0.3, -0.25) is 9.59 Å². The normalized spacial score (nSPS) is 12.6. The third-order valence-corrected chi connectivity index (χ3v) is 7.31. The van der Waals surface area contributed by atoms with Crippen LogP contribution in [-0.4, -0.2) is 34.6 Å². The van der Waals surface area contributed by atoms with Gasteiger partial charge in [0.1, 0.15) is 6.04 Å². The van der Waals surface area contributed by atoms with Crippen molar-refractivity contribution < 1.29 is 9.59 Å². The van der Waals surface area contributed by atoms with Gasteiger partial charge in [-0.25, -0.2) is 0 Å². The van der Waals surface area contributed by atoms with Crippen molar-refractivity contribution in [2.45, 2.75) is 58.0 Å². The van der Waals surface area contributed by atoms with E-state index in [0.717, 1.165) is 23.3 Å². The summed E-state index contributed by atoms with van der Waals surface area (Å²) in [4.78, 5) is 28.9. The number of hydrogen-bond donors (Lipinski definition) is 1. The number of benzene rings is 3. The van der Waals surface area contributed by atoms with Crippen LogP contribution in [0.5, 0.6) is 0 Å². The van der Waals surface area contributed by atoms with Crippen LogP contribution in [0, 0.1) is 6.92 Å². The number of thioether (sulfide) groups is 1. The molecule has 0 saturated heterocycles. The maximum Gasteiger partial charge on any atom is 0.243 e. The van der Waals surface area contributed by atoms with Gasteiger partial charge >= 0.3 is 0 Å². The van der Waals surface area contributed by atoms with Crippen LogP contribution in [0.4, 0.5) is 0 Å². The SMILES string of the molecule is CC[C@@H](C)NC(=O)[C@@H](Cc1ccccc1)N(Cc1cccc(Cl)c1)C(=O)CSCc1cccc(C)c1. The van der Waals surface area contributed by atoms with Gasteiger partial charge in [-0.1, -0.05) is 90.8 Å². The molecule has 2 amide bonds. The molecule has 2 atom stereocenters. The van der Waals surface area contributed by atoms with Gasteiger partial charge in [-0.15, -0.1) is 11.8 Å². The Bertz CT molecular complexity index is 1140. The molecule has 0 aromatic heterocycles. The number of halogens is 1. The third-order valence-electron chi connectivity index (χ3n) is 6.09. The predicted octanol–water partition coefficient (Wildman–Crippen LogP) is 6.44. The second-order valence-electron chi connectivity index (χ2n) is 9.16. The van der Waals surface area contributed by atoms with Crippen LogP contribution in [0.2, 0.25) is 5.02 Å². The van der Waals surface area contributed by atoms with Gasteiger partial charge in [0.2, 0.25) is 11.8 Å². The highest BCUT2D eigenvalue weighted by Gasteiger charge is 2.30. The van der Waals surface area contributed by atoms with Crippen molar-refractivity contribution in [1.82, 2.24) is 10.2 Å². The summed E-state index contributed by atoms with van der Waals surface area (Å²) in [6.07, 6.45) is 1.26. The second kappa shape index (κ2) is 14.1. The van der Waals surface area contributed by atoms with Crippen molar-refractivity contribution >= 4 is 35.2 Å². The molecule has 36 heavy (non-hydrogen) atoms. The summed E-state index contributed by atoms with van der Waals surface area (Å²) >= 11 is 7.81. The lowest BCUT2D eigenvalue weighted by Gasteiger charge is -2.32. The molecule has 0 fully saturated rings. The van der Waals surface area contributed by atoms with E-state index in [4.69, 9.17) is 11.6 Å². The van der Waals surface area contributed by atoms with Gasteiger partial charge in [0.05, 0.1) is 5.75 Å². The van der Waals surface area contributed by atoms with Crippen molar-refractivity contribution in [3.63, 3.8) is 0 Å². The van der Waals surface area contributed by atoms with Crippen LogP contribution >= 0.6 is 23.4 Å². The molecule has 0 aliphatic carbocycles. The molecule has 0 aliphatic rings. The second-order valence-corrected chi connectivity index (χ2v) is 10.6. The van der Waals surface area contributed by atoms with Crippen molar-refractivity contribution in [2.75, 3.05) is 5.75 Å². The fourth-order valence-electron chi connectivity index (χ4n) is 3.97. The number of carbonyl (C=O) groups excluding carboxylic acids is 2. The van der Waals surface area contributed by atoms with E-state index >= 15 is 0 Å². The summed E-state index contributed by atoms with van der Waals surface area (Å²) in [5.74, 6) is 0.831. The minimum atomic E-state index is -0.632. The highest BCUT2D eigenvalue weighted by molar-refractivity contribution is 7.99. The number of aryl methyl sites for hydroxylation is 1. The number of amides is 2. The van der Waals surface area contributed by atoms with Crippen molar-refractivity contribution in [1.29, 1.82) is 0 Å². The van der Waals surface area contributed by atoms with E-state index in [1.54, 1.807) is 16.7 Å². The maximum absolute atomic E-state index is 13.7. The standard InChI is InChI=1S/C30H35ClN2O2S/c1-4-23(3)32-30(35)28(18-24-11-6-5-7-12-24)33(19-25-13-9-15-27(31)17-25)29(34)21-36-20-26-14-8-10-22(2)16-26/h5-17,23,28H,4,18-21H2,1-3H3,(H,32,35)/t23-,28-/m1/s1. The summed E-state index contributed by atoms with van der Waals surface area (Å²) in [7, 11) is 0. The molecule has 0 spiro atoms. The van der Waals surface area contributed by atoms with E-state index < -0.39 is 6.04 Å². The number of nitrogens with one attached hydrogen (secondary N) is 1. The van der Waals surface area contributed by atoms with Crippen LogP contribution in [0.25, 0.3) is 0 Å². The highest BCUT2D eigenvalue weighted by atomic mass is 35.5. The largest absolute Gasteiger partial charge is 0.352 e. The Kier molecular flexibility index (Phi) is 10.9. The quantitative estimate of drug-likeness (QED) is 0.298. The van der Waals surface area contributed by atoms with Crippen LogP contribution < -0.4 is 5.32 Å². The average molecular weight is 523 g/mol. The molecule has 0 saturated carbocycles. The zero-order chi connectivity index (χ0) is 25.9. The number of hydrogen-bond acceptors (Lipinski definition) is 3. The van der Waals surface area contributed by atoms with E-state index in [2.05, 4.69) is 30.4 Å².